The highest BCUT2D eigenvalue weighted by molar-refractivity contribution is 14.0. The normalized spacial score (nSPS) is 14.3. The van der Waals surface area contributed by atoms with E-state index < -0.39 is 0 Å². The second kappa shape index (κ2) is 12.6. The van der Waals surface area contributed by atoms with Crippen LogP contribution in [0.3, 0.4) is 0 Å². The highest BCUT2D eigenvalue weighted by atomic mass is 127. The summed E-state index contributed by atoms with van der Waals surface area (Å²) in [4.78, 5) is 9.22. The summed E-state index contributed by atoms with van der Waals surface area (Å²) in [6, 6.07) is 16.7. The van der Waals surface area contributed by atoms with E-state index in [1.165, 1.54) is 16.8 Å². The van der Waals surface area contributed by atoms with Gasteiger partial charge in [-0.2, -0.15) is 0 Å². The first-order valence-electron chi connectivity index (χ1n) is 10.2. The molecule has 0 aromatic heterocycles. The average molecular weight is 524 g/mol. The Morgan fingerprint density at radius 3 is 2.43 bits per heavy atom. The maximum Gasteiger partial charge on any atom is 0.194 e. The highest BCUT2D eigenvalue weighted by Crippen LogP contribution is 2.22. The van der Waals surface area contributed by atoms with Gasteiger partial charge in [-0.15, -0.1) is 24.0 Å². The maximum absolute atomic E-state index is 5.60. The minimum atomic E-state index is 0. The van der Waals surface area contributed by atoms with Crippen molar-refractivity contribution < 1.29 is 9.47 Å². The molecule has 0 atom stereocenters. The van der Waals surface area contributed by atoms with Crippen LogP contribution in [0, 0.1) is 0 Å². The number of hydrogen-bond donors (Lipinski definition) is 1. The number of hydrogen-bond acceptors (Lipinski definition) is 4. The Kier molecular flexibility index (Phi) is 10.2. The molecule has 1 aliphatic heterocycles. The molecule has 0 unspecified atom stereocenters. The van der Waals surface area contributed by atoms with E-state index in [9.17, 15) is 0 Å². The Morgan fingerprint density at radius 1 is 1.03 bits per heavy atom. The Labute approximate surface area is 197 Å². The molecule has 2 aromatic rings. The van der Waals surface area contributed by atoms with Gasteiger partial charge in [-0.25, -0.2) is 0 Å². The summed E-state index contributed by atoms with van der Waals surface area (Å²) >= 11 is 0. The molecule has 6 nitrogen and oxygen atoms in total. The summed E-state index contributed by atoms with van der Waals surface area (Å²) in [6.45, 7) is 7.89. The van der Waals surface area contributed by atoms with Gasteiger partial charge in [-0.3, -0.25) is 4.99 Å². The first-order chi connectivity index (χ1) is 14.2. The number of rotatable bonds is 7. The van der Waals surface area contributed by atoms with Crippen LogP contribution in [0.1, 0.15) is 18.1 Å². The molecule has 0 radical (unpaired) electrons. The summed E-state index contributed by atoms with van der Waals surface area (Å²) in [6.07, 6.45) is 0. The van der Waals surface area contributed by atoms with Crippen molar-refractivity contribution in [3.63, 3.8) is 0 Å². The smallest absolute Gasteiger partial charge is 0.194 e. The minimum Gasteiger partial charge on any atom is -0.497 e. The van der Waals surface area contributed by atoms with Gasteiger partial charge in [0.05, 0.1) is 13.7 Å². The van der Waals surface area contributed by atoms with Crippen molar-refractivity contribution >= 4 is 35.6 Å². The van der Waals surface area contributed by atoms with Crippen molar-refractivity contribution in [1.29, 1.82) is 0 Å². The van der Waals surface area contributed by atoms with Crippen molar-refractivity contribution in [3.05, 3.63) is 59.7 Å². The molecule has 3 rings (SSSR count). The van der Waals surface area contributed by atoms with Gasteiger partial charge in [0, 0.05) is 58.1 Å². The van der Waals surface area contributed by atoms with Crippen LogP contribution in [-0.2, 0) is 17.9 Å². The molecule has 0 amide bonds. The zero-order valence-electron chi connectivity index (χ0n) is 18.1. The minimum absolute atomic E-state index is 0. The van der Waals surface area contributed by atoms with Gasteiger partial charge >= 0.3 is 0 Å². The van der Waals surface area contributed by atoms with Crippen molar-refractivity contribution in [3.8, 4) is 5.75 Å². The van der Waals surface area contributed by atoms with Gasteiger partial charge in [-0.05, 0) is 30.2 Å². The quantitative estimate of drug-likeness (QED) is 0.340. The third kappa shape index (κ3) is 6.50. The number of piperazine rings is 1. The summed E-state index contributed by atoms with van der Waals surface area (Å²) in [7, 11) is 3.56. The molecular formula is C23H33IN4O2. The Hall–Kier alpha value is -2.00. The van der Waals surface area contributed by atoms with E-state index in [1.807, 2.05) is 26.1 Å². The van der Waals surface area contributed by atoms with E-state index in [0.29, 0.717) is 6.61 Å². The topological polar surface area (TPSA) is 49.3 Å². The van der Waals surface area contributed by atoms with Crippen molar-refractivity contribution in [1.82, 2.24) is 10.2 Å². The summed E-state index contributed by atoms with van der Waals surface area (Å²) < 4.78 is 11.0. The molecule has 1 aliphatic rings. The Balaban J connectivity index is 0.00000320. The number of nitrogens with zero attached hydrogens (tertiary/aromatic N) is 3. The van der Waals surface area contributed by atoms with E-state index in [0.717, 1.165) is 51.0 Å². The van der Waals surface area contributed by atoms with Crippen molar-refractivity contribution in [2.45, 2.75) is 20.1 Å². The molecule has 1 heterocycles. The van der Waals surface area contributed by atoms with Crippen LogP contribution in [0.2, 0.25) is 0 Å². The molecule has 164 valence electrons. The molecule has 0 bridgehead atoms. The number of halogens is 1. The van der Waals surface area contributed by atoms with Crippen LogP contribution in [0.25, 0.3) is 0 Å². The predicted octanol–water partition coefficient (Wildman–Crippen LogP) is 3.75. The molecule has 7 heteroatoms. The lowest BCUT2D eigenvalue weighted by molar-refractivity contribution is 0.133. The monoisotopic (exact) mass is 524 g/mol. The van der Waals surface area contributed by atoms with Crippen LogP contribution in [-0.4, -0.2) is 57.8 Å². The fourth-order valence-corrected chi connectivity index (χ4v) is 3.57. The fraction of sp³-hybridized carbons (Fsp3) is 0.435. The zero-order chi connectivity index (χ0) is 20.5. The van der Waals surface area contributed by atoms with Crippen LogP contribution in [0.5, 0.6) is 5.75 Å². The maximum atomic E-state index is 5.60. The van der Waals surface area contributed by atoms with E-state index in [1.54, 1.807) is 7.11 Å². The fourth-order valence-electron chi connectivity index (χ4n) is 3.57. The summed E-state index contributed by atoms with van der Waals surface area (Å²) in [5.74, 6) is 1.84. The van der Waals surface area contributed by atoms with Gasteiger partial charge in [0.1, 0.15) is 5.75 Å². The molecule has 1 saturated heterocycles. The molecular weight excluding hydrogens is 491 g/mol. The Morgan fingerprint density at radius 2 is 1.77 bits per heavy atom. The molecule has 1 N–H and O–H groups in total. The van der Waals surface area contributed by atoms with Crippen molar-refractivity contribution in [2.24, 2.45) is 4.99 Å². The number of anilines is 1. The second-order valence-electron chi connectivity index (χ2n) is 6.98. The SMILES string of the molecule is CCOCc1ccccc1CNC(=NC)N1CCN(c2cccc(OC)c2)CC1.I. The van der Waals surface area contributed by atoms with Gasteiger partial charge in [-0.1, -0.05) is 30.3 Å². The first-order valence-corrected chi connectivity index (χ1v) is 10.2. The van der Waals surface area contributed by atoms with Crippen LogP contribution in [0.15, 0.2) is 53.5 Å². The number of guanidine groups is 1. The molecule has 1 fully saturated rings. The van der Waals surface area contributed by atoms with Crippen LogP contribution >= 0.6 is 24.0 Å². The zero-order valence-corrected chi connectivity index (χ0v) is 20.5. The van der Waals surface area contributed by atoms with E-state index in [4.69, 9.17) is 9.47 Å². The number of methoxy groups -OCH3 is 1. The lowest BCUT2D eigenvalue weighted by Gasteiger charge is -2.37. The number of aliphatic imine (C=N–C) groups is 1. The highest BCUT2D eigenvalue weighted by Gasteiger charge is 2.20. The van der Waals surface area contributed by atoms with E-state index in [-0.39, 0.29) is 24.0 Å². The second-order valence-corrected chi connectivity index (χ2v) is 6.98. The summed E-state index contributed by atoms with van der Waals surface area (Å²) in [5.41, 5.74) is 3.68. The largest absolute Gasteiger partial charge is 0.497 e. The van der Waals surface area contributed by atoms with Gasteiger partial charge in [0.25, 0.3) is 0 Å². The van der Waals surface area contributed by atoms with Gasteiger partial charge in [0.2, 0.25) is 0 Å². The Bertz CT molecular complexity index is 807. The first kappa shape index (κ1) is 24.3. The van der Waals surface area contributed by atoms with E-state index >= 15 is 0 Å². The predicted molar refractivity (Wildman–Crippen MR) is 134 cm³/mol. The average Bonchev–Trinajstić information content (AvgIpc) is 2.79. The molecule has 0 saturated carbocycles. The van der Waals surface area contributed by atoms with Crippen molar-refractivity contribution in [2.75, 3.05) is 51.8 Å². The molecule has 0 aliphatic carbocycles. The van der Waals surface area contributed by atoms with Crippen LogP contribution in [0.4, 0.5) is 5.69 Å². The third-order valence-corrected chi connectivity index (χ3v) is 5.23. The lowest BCUT2D eigenvalue weighted by atomic mass is 10.1. The van der Waals surface area contributed by atoms with Gasteiger partial charge in [0.15, 0.2) is 5.96 Å². The molecule has 30 heavy (non-hydrogen) atoms. The molecule has 2 aromatic carbocycles. The summed E-state index contributed by atoms with van der Waals surface area (Å²) in [5, 5.41) is 3.53. The number of benzene rings is 2. The third-order valence-electron chi connectivity index (χ3n) is 5.23. The number of nitrogens with one attached hydrogen (secondary N) is 1. The van der Waals surface area contributed by atoms with Gasteiger partial charge < -0.3 is 24.6 Å². The lowest BCUT2D eigenvalue weighted by Crippen LogP contribution is -2.52. The van der Waals surface area contributed by atoms with Crippen LogP contribution < -0.4 is 15.0 Å². The number of ether oxygens (including phenoxy) is 2. The standard InChI is InChI=1S/C23H32N4O2.HI/c1-4-29-18-20-9-6-5-8-19(20)17-25-23(24-2)27-14-12-26(13-15-27)21-10-7-11-22(16-21)28-3;/h5-11,16H,4,12-15,17-18H2,1-3H3,(H,24,25);1H. The molecule has 0 spiro atoms. The van der Waals surface area contributed by atoms with E-state index in [2.05, 4.69) is 56.5 Å².